The van der Waals surface area contributed by atoms with E-state index in [2.05, 4.69) is 57.1 Å². The molecular formula is C15H18ClIN2S. The summed E-state index contributed by atoms with van der Waals surface area (Å²) in [4.78, 5) is 4.76. The summed E-state index contributed by atoms with van der Waals surface area (Å²) < 4.78 is 3.58. The van der Waals surface area contributed by atoms with Gasteiger partial charge in [0.15, 0.2) is 0 Å². The molecule has 2 aromatic rings. The van der Waals surface area contributed by atoms with Crippen molar-refractivity contribution in [3.05, 3.63) is 27.6 Å². The highest BCUT2D eigenvalue weighted by atomic mass is 127. The van der Waals surface area contributed by atoms with Crippen LogP contribution in [0.15, 0.2) is 18.2 Å². The van der Waals surface area contributed by atoms with Crippen molar-refractivity contribution in [1.29, 1.82) is 0 Å². The molecule has 1 atom stereocenters. The van der Waals surface area contributed by atoms with Gasteiger partial charge in [0.2, 0.25) is 0 Å². The molecule has 1 aromatic carbocycles. The van der Waals surface area contributed by atoms with E-state index in [1.54, 1.807) is 0 Å². The van der Waals surface area contributed by atoms with Crippen molar-refractivity contribution in [1.82, 2.24) is 9.55 Å². The second kappa shape index (κ2) is 6.44. The number of alkyl halides is 1. The van der Waals surface area contributed by atoms with E-state index >= 15 is 0 Å². The van der Waals surface area contributed by atoms with Crippen LogP contribution >= 0.6 is 46.0 Å². The molecule has 1 aromatic heterocycles. The number of hydrogen-bond donors (Lipinski definition) is 0. The van der Waals surface area contributed by atoms with Crippen molar-refractivity contribution in [3.63, 3.8) is 0 Å². The number of aromatic nitrogens is 2. The van der Waals surface area contributed by atoms with Crippen LogP contribution < -0.4 is 0 Å². The minimum atomic E-state index is -0.0435. The maximum atomic E-state index is 6.35. The monoisotopic (exact) mass is 420 g/mol. The molecule has 0 bridgehead atoms. The minimum absolute atomic E-state index is 0.0435. The van der Waals surface area contributed by atoms with Crippen molar-refractivity contribution in [2.24, 2.45) is 5.92 Å². The largest absolute Gasteiger partial charge is 0.326 e. The first-order chi connectivity index (χ1) is 9.65. The van der Waals surface area contributed by atoms with Crippen molar-refractivity contribution in [2.45, 2.75) is 31.7 Å². The lowest BCUT2D eigenvalue weighted by molar-refractivity contribution is 0.415. The molecule has 108 valence electrons. The summed E-state index contributed by atoms with van der Waals surface area (Å²) in [6, 6.07) is 6.48. The highest BCUT2D eigenvalue weighted by Crippen LogP contribution is 2.30. The van der Waals surface area contributed by atoms with Crippen LogP contribution in [-0.2, 0) is 6.54 Å². The third kappa shape index (κ3) is 3.12. The van der Waals surface area contributed by atoms with Crippen LogP contribution in [0, 0.1) is 9.49 Å². The Morgan fingerprint density at radius 3 is 2.90 bits per heavy atom. The lowest BCUT2D eigenvalue weighted by Gasteiger charge is -2.23. The minimum Gasteiger partial charge on any atom is -0.326 e. The normalized spacial score (nSPS) is 18.6. The van der Waals surface area contributed by atoms with Gasteiger partial charge in [0.25, 0.3) is 0 Å². The summed E-state index contributed by atoms with van der Waals surface area (Å²) >= 11 is 10.8. The number of nitrogens with zero attached hydrogens (tertiary/aromatic N) is 2. The van der Waals surface area contributed by atoms with Gasteiger partial charge < -0.3 is 4.57 Å². The fourth-order valence-corrected chi connectivity index (χ4v) is 4.65. The highest BCUT2D eigenvalue weighted by Gasteiger charge is 2.20. The van der Waals surface area contributed by atoms with Crippen molar-refractivity contribution in [3.8, 4) is 0 Å². The molecule has 5 heteroatoms. The van der Waals surface area contributed by atoms with Crippen molar-refractivity contribution < 1.29 is 0 Å². The van der Waals surface area contributed by atoms with E-state index in [9.17, 15) is 0 Å². The highest BCUT2D eigenvalue weighted by molar-refractivity contribution is 14.1. The Morgan fingerprint density at radius 2 is 2.20 bits per heavy atom. The fourth-order valence-electron chi connectivity index (χ4n) is 2.80. The van der Waals surface area contributed by atoms with E-state index in [-0.39, 0.29) is 5.38 Å². The van der Waals surface area contributed by atoms with Gasteiger partial charge in [-0.05, 0) is 78.0 Å². The molecule has 0 aliphatic carbocycles. The zero-order valence-electron chi connectivity index (χ0n) is 11.5. The molecule has 3 rings (SSSR count). The third-order valence-corrected chi connectivity index (χ3v) is 5.79. The molecule has 0 radical (unpaired) electrons. The van der Waals surface area contributed by atoms with E-state index in [1.165, 1.54) is 33.4 Å². The van der Waals surface area contributed by atoms with Gasteiger partial charge in [-0.2, -0.15) is 11.8 Å². The molecule has 0 saturated carbocycles. The molecule has 0 amide bonds. The standard InChI is InChI=1S/C15H18ClIN2S/c1-10(16)15-18-13-8-12(17)2-3-14(13)19(15)9-11-4-6-20-7-5-11/h2-3,8,10-11H,4-7,9H2,1H3. The molecule has 1 aliphatic heterocycles. The SMILES string of the molecule is CC(Cl)c1nc2cc(I)ccc2n1CC1CCSCC1. The number of rotatable bonds is 3. The number of benzene rings is 1. The zero-order valence-corrected chi connectivity index (χ0v) is 15.2. The molecule has 2 nitrogen and oxygen atoms in total. The first kappa shape index (κ1) is 15.0. The molecule has 2 heterocycles. The molecule has 0 N–H and O–H groups in total. The molecule has 1 aliphatic rings. The predicted molar refractivity (Wildman–Crippen MR) is 96.8 cm³/mol. The Labute approximate surface area is 142 Å². The summed E-state index contributed by atoms with van der Waals surface area (Å²) in [7, 11) is 0. The first-order valence-electron chi connectivity index (χ1n) is 7.02. The van der Waals surface area contributed by atoms with Gasteiger partial charge in [-0.3, -0.25) is 0 Å². The van der Waals surface area contributed by atoms with E-state index in [4.69, 9.17) is 16.6 Å². The second-order valence-corrected chi connectivity index (χ2v) is 8.51. The van der Waals surface area contributed by atoms with E-state index < -0.39 is 0 Å². The maximum Gasteiger partial charge on any atom is 0.127 e. The summed E-state index contributed by atoms with van der Waals surface area (Å²) in [6.45, 7) is 3.07. The second-order valence-electron chi connectivity index (χ2n) is 5.39. The Hall–Kier alpha value is 0.0600. The van der Waals surface area contributed by atoms with Gasteiger partial charge in [0.05, 0.1) is 16.4 Å². The van der Waals surface area contributed by atoms with Crippen LogP contribution in [0.3, 0.4) is 0 Å². The average molecular weight is 421 g/mol. The molecule has 0 spiro atoms. The van der Waals surface area contributed by atoms with Gasteiger partial charge >= 0.3 is 0 Å². The summed E-state index contributed by atoms with van der Waals surface area (Å²) in [5.74, 6) is 4.37. The quantitative estimate of drug-likeness (QED) is 0.509. The van der Waals surface area contributed by atoms with E-state index in [1.807, 2.05) is 6.92 Å². The third-order valence-electron chi connectivity index (χ3n) is 3.88. The van der Waals surface area contributed by atoms with Crippen LogP contribution in [0.2, 0.25) is 0 Å². The number of thioether (sulfide) groups is 1. The van der Waals surface area contributed by atoms with Gasteiger partial charge in [-0.15, -0.1) is 11.6 Å². The molecule has 1 unspecified atom stereocenters. The molecule has 1 saturated heterocycles. The number of halogens is 2. The van der Waals surface area contributed by atoms with Gasteiger partial charge in [0, 0.05) is 10.1 Å². The van der Waals surface area contributed by atoms with Crippen LogP contribution in [0.1, 0.15) is 31.0 Å². The number of hydrogen-bond acceptors (Lipinski definition) is 2. The summed E-state index contributed by atoms with van der Waals surface area (Å²) in [5.41, 5.74) is 2.30. The van der Waals surface area contributed by atoms with Crippen LogP contribution in [0.25, 0.3) is 11.0 Å². The molecule has 1 fully saturated rings. The molecular weight excluding hydrogens is 403 g/mol. The Morgan fingerprint density at radius 1 is 1.45 bits per heavy atom. The zero-order chi connectivity index (χ0) is 14.1. The number of fused-ring (bicyclic) bond motifs is 1. The van der Waals surface area contributed by atoms with Crippen molar-refractivity contribution in [2.75, 3.05) is 11.5 Å². The van der Waals surface area contributed by atoms with Crippen LogP contribution in [-0.4, -0.2) is 21.1 Å². The lowest BCUT2D eigenvalue weighted by atomic mass is 10.0. The van der Waals surface area contributed by atoms with Gasteiger partial charge in [-0.1, -0.05) is 0 Å². The fraction of sp³-hybridized carbons (Fsp3) is 0.533. The van der Waals surface area contributed by atoms with Crippen molar-refractivity contribution >= 4 is 57.0 Å². The Balaban J connectivity index is 1.99. The van der Waals surface area contributed by atoms with Crippen LogP contribution in [0.5, 0.6) is 0 Å². The molecule has 20 heavy (non-hydrogen) atoms. The Bertz CT molecular complexity index is 605. The van der Waals surface area contributed by atoms with Gasteiger partial charge in [-0.25, -0.2) is 4.98 Å². The maximum absolute atomic E-state index is 6.35. The van der Waals surface area contributed by atoms with E-state index in [0.717, 1.165) is 23.8 Å². The summed E-state index contributed by atoms with van der Waals surface area (Å²) in [6.07, 6.45) is 2.62. The predicted octanol–water partition coefficient (Wildman–Crippen LogP) is 5.08. The first-order valence-corrected chi connectivity index (χ1v) is 9.69. The average Bonchev–Trinajstić information content (AvgIpc) is 2.78. The number of imidazole rings is 1. The smallest absolute Gasteiger partial charge is 0.127 e. The van der Waals surface area contributed by atoms with Crippen LogP contribution in [0.4, 0.5) is 0 Å². The topological polar surface area (TPSA) is 17.8 Å². The van der Waals surface area contributed by atoms with Gasteiger partial charge in [0.1, 0.15) is 5.82 Å². The Kier molecular flexibility index (Phi) is 4.82. The van der Waals surface area contributed by atoms with E-state index in [0.29, 0.717) is 0 Å². The summed E-state index contributed by atoms with van der Waals surface area (Å²) in [5, 5.41) is -0.0435. The lowest BCUT2D eigenvalue weighted by Crippen LogP contribution is -2.18.